The van der Waals surface area contributed by atoms with Gasteiger partial charge >= 0.3 is 0 Å². The number of rotatable bonds is 7. The summed E-state index contributed by atoms with van der Waals surface area (Å²) in [4.78, 5) is 14.2. The highest BCUT2D eigenvalue weighted by molar-refractivity contribution is 5.91. The molecule has 0 radical (unpaired) electrons. The lowest BCUT2D eigenvalue weighted by Gasteiger charge is -2.19. The maximum Gasteiger partial charge on any atom is 0.246 e. The third-order valence-electron chi connectivity index (χ3n) is 4.32. The lowest BCUT2D eigenvalue weighted by atomic mass is 10.2. The maximum atomic E-state index is 13.9. The SMILES string of the molecule is CCN(Cc1ccc(OC)c(F)c1)C(=O)C=Cc1cnn(-c2ccccc2)c1. The molecule has 3 aromatic rings. The molecule has 0 saturated carbocycles. The molecule has 0 atom stereocenters. The van der Waals surface area contributed by atoms with E-state index in [1.54, 1.807) is 34.0 Å². The fourth-order valence-electron chi connectivity index (χ4n) is 2.79. The zero-order chi connectivity index (χ0) is 19.9. The van der Waals surface area contributed by atoms with Crippen LogP contribution in [0.2, 0.25) is 0 Å². The third-order valence-corrected chi connectivity index (χ3v) is 4.32. The number of benzene rings is 2. The van der Waals surface area contributed by atoms with E-state index in [0.29, 0.717) is 18.7 Å². The summed E-state index contributed by atoms with van der Waals surface area (Å²) in [6, 6.07) is 14.5. The topological polar surface area (TPSA) is 47.4 Å². The molecule has 0 bridgehead atoms. The molecule has 0 aliphatic carbocycles. The molecule has 0 spiro atoms. The molecule has 144 valence electrons. The molecule has 3 rings (SSSR count). The minimum absolute atomic E-state index is 0.147. The van der Waals surface area contributed by atoms with Crippen molar-refractivity contribution < 1.29 is 13.9 Å². The number of methoxy groups -OCH3 is 1. The van der Waals surface area contributed by atoms with Gasteiger partial charge < -0.3 is 9.64 Å². The average Bonchev–Trinajstić information content (AvgIpc) is 3.20. The molecule has 5 nitrogen and oxygen atoms in total. The summed E-state index contributed by atoms with van der Waals surface area (Å²) in [6.45, 7) is 2.73. The first-order valence-electron chi connectivity index (χ1n) is 9.00. The number of hydrogen-bond donors (Lipinski definition) is 0. The first-order valence-corrected chi connectivity index (χ1v) is 9.00. The predicted octanol–water partition coefficient (Wildman–Crippen LogP) is 4.08. The molecule has 1 amide bonds. The summed E-state index contributed by atoms with van der Waals surface area (Å²) >= 11 is 0. The van der Waals surface area contributed by atoms with Crippen LogP contribution in [0.1, 0.15) is 18.1 Å². The van der Waals surface area contributed by atoms with E-state index in [4.69, 9.17) is 4.74 Å². The first-order chi connectivity index (χ1) is 13.6. The highest BCUT2D eigenvalue weighted by atomic mass is 19.1. The Kier molecular flexibility index (Phi) is 6.22. The van der Waals surface area contributed by atoms with Gasteiger partial charge in [0.25, 0.3) is 0 Å². The summed E-state index contributed by atoms with van der Waals surface area (Å²) in [5, 5.41) is 4.31. The molecule has 0 saturated heterocycles. The van der Waals surface area contributed by atoms with Crippen LogP contribution in [-0.4, -0.2) is 34.2 Å². The van der Waals surface area contributed by atoms with Crippen molar-refractivity contribution >= 4 is 12.0 Å². The van der Waals surface area contributed by atoms with Crippen molar-refractivity contribution in [2.75, 3.05) is 13.7 Å². The van der Waals surface area contributed by atoms with Crippen molar-refractivity contribution in [2.24, 2.45) is 0 Å². The number of hydrogen-bond acceptors (Lipinski definition) is 3. The van der Waals surface area contributed by atoms with Crippen LogP contribution < -0.4 is 4.74 Å². The van der Waals surface area contributed by atoms with Crippen LogP contribution in [0.25, 0.3) is 11.8 Å². The quantitative estimate of drug-likeness (QED) is 0.581. The summed E-state index contributed by atoms with van der Waals surface area (Å²) in [5.41, 5.74) is 2.48. The van der Waals surface area contributed by atoms with Crippen molar-refractivity contribution in [3.8, 4) is 11.4 Å². The standard InChI is InChI=1S/C22H22FN3O2/c1-3-25(15-17-9-11-21(28-2)20(23)13-17)22(27)12-10-18-14-24-26(16-18)19-7-5-4-6-8-19/h4-14,16H,3,15H2,1-2H3. The van der Waals surface area contributed by atoms with Crippen LogP contribution >= 0.6 is 0 Å². The van der Waals surface area contributed by atoms with Gasteiger partial charge in [0.1, 0.15) is 0 Å². The van der Waals surface area contributed by atoms with E-state index in [1.807, 2.05) is 43.5 Å². The van der Waals surface area contributed by atoms with Crippen molar-refractivity contribution in [1.29, 1.82) is 0 Å². The molecule has 0 N–H and O–H groups in total. The van der Waals surface area contributed by atoms with E-state index < -0.39 is 5.82 Å². The molecule has 6 heteroatoms. The fraction of sp³-hybridized carbons (Fsp3) is 0.182. The number of carbonyl (C=O) groups is 1. The zero-order valence-corrected chi connectivity index (χ0v) is 15.9. The van der Waals surface area contributed by atoms with Gasteiger partial charge in [-0.2, -0.15) is 5.10 Å². The van der Waals surface area contributed by atoms with Gasteiger partial charge in [-0.25, -0.2) is 9.07 Å². The minimum atomic E-state index is -0.438. The molecule has 1 aromatic heterocycles. The smallest absolute Gasteiger partial charge is 0.246 e. The second-order valence-electron chi connectivity index (χ2n) is 6.21. The number of nitrogens with zero attached hydrogens (tertiary/aromatic N) is 3. The van der Waals surface area contributed by atoms with Crippen LogP contribution in [0.5, 0.6) is 5.75 Å². The monoisotopic (exact) mass is 379 g/mol. The van der Waals surface area contributed by atoms with E-state index in [2.05, 4.69) is 5.10 Å². The van der Waals surface area contributed by atoms with E-state index in [-0.39, 0.29) is 11.7 Å². The average molecular weight is 379 g/mol. The maximum absolute atomic E-state index is 13.9. The second kappa shape index (κ2) is 8.99. The van der Waals surface area contributed by atoms with Gasteiger partial charge in [-0.3, -0.25) is 4.79 Å². The molecule has 0 aliphatic heterocycles. The third kappa shape index (κ3) is 4.65. The second-order valence-corrected chi connectivity index (χ2v) is 6.21. The number of carbonyl (C=O) groups excluding carboxylic acids is 1. The zero-order valence-electron chi connectivity index (χ0n) is 15.9. The van der Waals surface area contributed by atoms with Gasteiger partial charge in [0, 0.05) is 30.9 Å². The summed E-state index contributed by atoms with van der Waals surface area (Å²) in [5.74, 6) is -0.396. The lowest BCUT2D eigenvalue weighted by Crippen LogP contribution is -2.28. The van der Waals surface area contributed by atoms with Gasteiger partial charge in [-0.05, 0) is 42.8 Å². The number of likely N-dealkylation sites (N-methyl/N-ethyl adjacent to an activating group) is 1. The number of amides is 1. The molecule has 0 aliphatic rings. The van der Waals surface area contributed by atoms with Gasteiger partial charge in [0.2, 0.25) is 5.91 Å². The molecule has 0 fully saturated rings. The molecular weight excluding hydrogens is 357 g/mol. The number of aromatic nitrogens is 2. The number of halogens is 1. The molecule has 2 aromatic carbocycles. The van der Waals surface area contributed by atoms with Crippen LogP contribution in [0, 0.1) is 5.82 Å². The number of ether oxygens (including phenoxy) is 1. The van der Waals surface area contributed by atoms with E-state index >= 15 is 0 Å². The fourth-order valence-corrected chi connectivity index (χ4v) is 2.79. The molecule has 0 unspecified atom stereocenters. The Balaban J connectivity index is 1.67. The Hall–Kier alpha value is -3.41. The predicted molar refractivity (Wildman–Crippen MR) is 107 cm³/mol. The van der Waals surface area contributed by atoms with Gasteiger partial charge in [-0.15, -0.1) is 0 Å². The molecule has 28 heavy (non-hydrogen) atoms. The largest absolute Gasteiger partial charge is 0.494 e. The van der Waals surface area contributed by atoms with Crippen LogP contribution in [0.3, 0.4) is 0 Å². The molecular formula is C22H22FN3O2. The first kappa shape index (κ1) is 19.4. The summed E-state index contributed by atoms with van der Waals surface area (Å²) in [6.07, 6.45) is 6.79. The minimum Gasteiger partial charge on any atom is -0.494 e. The Morgan fingerprint density at radius 1 is 1.25 bits per heavy atom. The van der Waals surface area contributed by atoms with Crippen LogP contribution in [0.15, 0.2) is 67.0 Å². The van der Waals surface area contributed by atoms with Crippen LogP contribution in [-0.2, 0) is 11.3 Å². The van der Waals surface area contributed by atoms with Crippen molar-refractivity contribution in [2.45, 2.75) is 13.5 Å². The van der Waals surface area contributed by atoms with Crippen molar-refractivity contribution in [1.82, 2.24) is 14.7 Å². The summed E-state index contributed by atoms with van der Waals surface area (Å²) in [7, 11) is 1.42. The highest BCUT2D eigenvalue weighted by Crippen LogP contribution is 2.19. The molecule has 1 heterocycles. The van der Waals surface area contributed by atoms with Crippen LogP contribution in [0.4, 0.5) is 4.39 Å². The number of para-hydroxylation sites is 1. The van der Waals surface area contributed by atoms with E-state index in [0.717, 1.165) is 11.3 Å². The Morgan fingerprint density at radius 3 is 2.71 bits per heavy atom. The van der Waals surface area contributed by atoms with Crippen molar-refractivity contribution in [3.63, 3.8) is 0 Å². The Bertz CT molecular complexity index is 967. The van der Waals surface area contributed by atoms with E-state index in [1.165, 1.54) is 19.3 Å². The highest BCUT2D eigenvalue weighted by Gasteiger charge is 2.11. The van der Waals surface area contributed by atoms with E-state index in [9.17, 15) is 9.18 Å². The summed E-state index contributed by atoms with van der Waals surface area (Å²) < 4.78 is 20.5. The van der Waals surface area contributed by atoms with Gasteiger partial charge in [-0.1, -0.05) is 24.3 Å². The Labute approximate surface area is 163 Å². The van der Waals surface area contributed by atoms with Gasteiger partial charge in [0.15, 0.2) is 11.6 Å². The lowest BCUT2D eigenvalue weighted by molar-refractivity contribution is -0.126. The normalized spacial score (nSPS) is 11.0. The Morgan fingerprint density at radius 2 is 2.04 bits per heavy atom. The van der Waals surface area contributed by atoms with Gasteiger partial charge in [0.05, 0.1) is 19.0 Å². The van der Waals surface area contributed by atoms with Crippen molar-refractivity contribution in [3.05, 3.63) is 83.9 Å².